The average Bonchev–Trinajstić information content (AvgIpc) is 2.37. The highest BCUT2D eigenvalue weighted by molar-refractivity contribution is 5.41. The van der Waals surface area contributed by atoms with Crippen molar-refractivity contribution in [3.05, 3.63) is 64.0 Å². The maximum atomic E-state index is 5.78. The lowest BCUT2D eigenvalue weighted by Crippen LogP contribution is -2.30. The summed E-state index contributed by atoms with van der Waals surface area (Å²) >= 11 is 0. The minimum atomic E-state index is -0.0204. The molecule has 0 radical (unpaired) electrons. The fourth-order valence-electron chi connectivity index (χ4n) is 2.44. The van der Waals surface area contributed by atoms with E-state index in [2.05, 4.69) is 48.5 Å². The Morgan fingerprint density at radius 3 is 2.37 bits per heavy atom. The number of nitrogens with two attached hydrogens (primary N) is 1. The molecule has 100 valence electrons. The van der Waals surface area contributed by atoms with Gasteiger partial charge < -0.3 is 0 Å². The topological polar surface area (TPSA) is 50.9 Å². The normalized spacial score (nSPS) is 12.5. The molecule has 0 aliphatic carbocycles. The van der Waals surface area contributed by atoms with Crippen molar-refractivity contribution < 1.29 is 0 Å². The van der Waals surface area contributed by atoms with Gasteiger partial charge in [-0.2, -0.15) is 0 Å². The molecule has 1 heterocycles. The van der Waals surface area contributed by atoms with Crippen molar-refractivity contribution in [1.29, 1.82) is 0 Å². The third-order valence-electron chi connectivity index (χ3n) is 3.70. The number of nitrogens with one attached hydrogen (secondary N) is 1. The van der Waals surface area contributed by atoms with Gasteiger partial charge in [-0.15, -0.1) is 0 Å². The van der Waals surface area contributed by atoms with Crippen LogP contribution in [0.25, 0.3) is 0 Å². The lowest BCUT2D eigenvalue weighted by molar-refractivity contribution is 0.626. The highest BCUT2D eigenvalue weighted by atomic mass is 15.2. The molecule has 0 fully saturated rings. The van der Waals surface area contributed by atoms with E-state index in [1.165, 1.54) is 16.7 Å². The van der Waals surface area contributed by atoms with Crippen molar-refractivity contribution in [1.82, 2.24) is 10.4 Å². The number of aryl methyl sites for hydroxylation is 3. The van der Waals surface area contributed by atoms with Crippen molar-refractivity contribution in [3.8, 4) is 0 Å². The molecule has 3 nitrogen and oxygen atoms in total. The molecule has 1 atom stereocenters. The van der Waals surface area contributed by atoms with Gasteiger partial charge >= 0.3 is 0 Å². The van der Waals surface area contributed by atoms with Crippen molar-refractivity contribution in [2.45, 2.75) is 33.7 Å². The van der Waals surface area contributed by atoms with Crippen LogP contribution in [0.4, 0.5) is 0 Å². The highest BCUT2D eigenvalue weighted by Gasteiger charge is 2.17. The molecule has 0 spiro atoms. The maximum Gasteiger partial charge on any atom is 0.0730 e. The summed E-state index contributed by atoms with van der Waals surface area (Å²) < 4.78 is 0. The van der Waals surface area contributed by atoms with Crippen LogP contribution in [0.1, 0.15) is 39.7 Å². The quantitative estimate of drug-likeness (QED) is 0.655. The van der Waals surface area contributed by atoms with E-state index in [1.807, 2.05) is 19.9 Å². The summed E-state index contributed by atoms with van der Waals surface area (Å²) in [5.41, 5.74) is 9.84. The molecule has 0 aliphatic heterocycles. The summed E-state index contributed by atoms with van der Waals surface area (Å²) in [6.07, 6.45) is 0. The second-order valence-corrected chi connectivity index (χ2v) is 5.02. The van der Waals surface area contributed by atoms with Gasteiger partial charge in [0.05, 0.1) is 6.04 Å². The van der Waals surface area contributed by atoms with Crippen LogP contribution in [0.5, 0.6) is 0 Å². The van der Waals surface area contributed by atoms with Crippen molar-refractivity contribution >= 4 is 0 Å². The van der Waals surface area contributed by atoms with Crippen LogP contribution >= 0.6 is 0 Å². The van der Waals surface area contributed by atoms with Crippen LogP contribution in [0.3, 0.4) is 0 Å². The fourth-order valence-corrected chi connectivity index (χ4v) is 2.44. The zero-order valence-electron chi connectivity index (χ0n) is 12.0. The Bertz CT molecular complexity index is 591. The van der Waals surface area contributed by atoms with Gasteiger partial charge in [0, 0.05) is 11.4 Å². The number of nitrogens with zero attached hydrogens (tertiary/aromatic N) is 1. The van der Waals surface area contributed by atoms with Crippen molar-refractivity contribution in [2.24, 2.45) is 5.84 Å². The van der Waals surface area contributed by atoms with Crippen LogP contribution in [0.15, 0.2) is 30.3 Å². The van der Waals surface area contributed by atoms with Gasteiger partial charge in [0.1, 0.15) is 0 Å². The van der Waals surface area contributed by atoms with E-state index in [1.54, 1.807) is 0 Å². The van der Waals surface area contributed by atoms with Gasteiger partial charge in [-0.05, 0) is 56.0 Å². The van der Waals surface area contributed by atoms with E-state index < -0.39 is 0 Å². The maximum absolute atomic E-state index is 5.78. The summed E-state index contributed by atoms with van der Waals surface area (Å²) in [5.74, 6) is 5.78. The zero-order valence-corrected chi connectivity index (χ0v) is 12.0. The molecule has 2 aromatic rings. The van der Waals surface area contributed by atoms with Crippen LogP contribution in [0.2, 0.25) is 0 Å². The van der Waals surface area contributed by atoms with E-state index in [4.69, 9.17) is 5.84 Å². The van der Waals surface area contributed by atoms with Gasteiger partial charge in [0.25, 0.3) is 0 Å². The monoisotopic (exact) mass is 255 g/mol. The molecular weight excluding hydrogens is 234 g/mol. The van der Waals surface area contributed by atoms with E-state index in [-0.39, 0.29) is 6.04 Å². The Balaban J connectivity index is 2.53. The lowest BCUT2D eigenvalue weighted by Gasteiger charge is -2.21. The fraction of sp³-hybridized carbons (Fsp3) is 0.312. The molecule has 0 amide bonds. The second-order valence-electron chi connectivity index (χ2n) is 5.02. The first-order chi connectivity index (χ1) is 9.04. The van der Waals surface area contributed by atoms with Crippen molar-refractivity contribution in [3.63, 3.8) is 0 Å². The molecule has 0 saturated heterocycles. The Kier molecular flexibility index (Phi) is 3.98. The number of benzene rings is 1. The standard InChI is InChI=1S/C16H21N3/c1-10-6-5-7-14(12(10)3)16(19-17)15-9-8-11(2)18-13(15)4/h5-9,16,19H,17H2,1-4H3. The molecule has 0 bridgehead atoms. The molecule has 1 aromatic heterocycles. The third kappa shape index (κ3) is 2.67. The minimum absolute atomic E-state index is 0.0204. The Hall–Kier alpha value is -1.71. The van der Waals surface area contributed by atoms with Crippen LogP contribution in [-0.2, 0) is 0 Å². The average molecular weight is 255 g/mol. The minimum Gasteiger partial charge on any atom is -0.271 e. The molecule has 19 heavy (non-hydrogen) atoms. The van der Waals surface area contributed by atoms with Crippen LogP contribution < -0.4 is 11.3 Å². The first kappa shape index (κ1) is 13.7. The Labute approximate surface area is 114 Å². The van der Waals surface area contributed by atoms with Crippen LogP contribution in [-0.4, -0.2) is 4.98 Å². The number of hydrazine groups is 1. The largest absolute Gasteiger partial charge is 0.271 e. The van der Waals surface area contributed by atoms with Gasteiger partial charge in [0.15, 0.2) is 0 Å². The molecular formula is C16H21N3. The molecule has 2 rings (SSSR count). The number of rotatable bonds is 3. The summed E-state index contributed by atoms with van der Waals surface area (Å²) in [6, 6.07) is 10.4. The second kappa shape index (κ2) is 5.51. The molecule has 3 N–H and O–H groups in total. The first-order valence-electron chi connectivity index (χ1n) is 6.51. The van der Waals surface area contributed by atoms with Gasteiger partial charge in [0.2, 0.25) is 0 Å². The number of pyridine rings is 1. The summed E-state index contributed by atoms with van der Waals surface area (Å²) in [5, 5.41) is 0. The molecule has 0 aliphatic rings. The molecule has 1 aromatic carbocycles. The van der Waals surface area contributed by atoms with E-state index in [0.29, 0.717) is 0 Å². The number of aromatic nitrogens is 1. The van der Waals surface area contributed by atoms with Gasteiger partial charge in [-0.1, -0.05) is 24.3 Å². The molecule has 1 unspecified atom stereocenters. The number of hydrogen-bond acceptors (Lipinski definition) is 3. The SMILES string of the molecule is Cc1ccc(C(NN)c2cccc(C)c2C)c(C)n1. The Morgan fingerprint density at radius 1 is 1.00 bits per heavy atom. The predicted molar refractivity (Wildman–Crippen MR) is 78.8 cm³/mol. The predicted octanol–water partition coefficient (Wildman–Crippen LogP) is 2.87. The summed E-state index contributed by atoms with van der Waals surface area (Å²) in [4.78, 5) is 4.52. The lowest BCUT2D eigenvalue weighted by atomic mass is 9.92. The van der Waals surface area contributed by atoms with Crippen LogP contribution in [0, 0.1) is 27.7 Å². The van der Waals surface area contributed by atoms with Gasteiger partial charge in [-0.3, -0.25) is 10.8 Å². The zero-order chi connectivity index (χ0) is 14.0. The molecule has 3 heteroatoms. The smallest absolute Gasteiger partial charge is 0.0730 e. The summed E-state index contributed by atoms with van der Waals surface area (Å²) in [6.45, 7) is 8.27. The number of hydrogen-bond donors (Lipinski definition) is 2. The Morgan fingerprint density at radius 2 is 1.74 bits per heavy atom. The van der Waals surface area contributed by atoms with E-state index >= 15 is 0 Å². The highest BCUT2D eigenvalue weighted by Crippen LogP contribution is 2.27. The molecule has 0 saturated carbocycles. The van der Waals surface area contributed by atoms with Gasteiger partial charge in [-0.25, -0.2) is 5.43 Å². The van der Waals surface area contributed by atoms with E-state index in [0.717, 1.165) is 17.0 Å². The third-order valence-corrected chi connectivity index (χ3v) is 3.70. The summed E-state index contributed by atoms with van der Waals surface area (Å²) in [7, 11) is 0. The first-order valence-corrected chi connectivity index (χ1v) is 6.51. The van der Waals surface area contributed by atoms with Crippen molar-refractivity contribution in [2.75, 3.05) is 0 Å². The van der Waals surface area contributed by atoms with E-state index in [9.17, 15) is 0 Å².